The molecule has 3 rings (SSSR count). The Morgan fingerprint density at radius 2 is 1.88 bits per heavy atom. The fourth-order valence-electron chi connectivity index (χ4n) is 2.35. The lowest BCUT2D eigenvalue weighted by Crippen LogP contribution is -2.31. The second kappa shape index (κ2) is 8.38. The Bertz CT molecular complexity index is 802. The van der Waals surface area contributed by atoms with Crippen LogP contribution in [0.3, 0.4) is 0 Å². The first kappa shape index (κ1) is 17.8. The van der Waals surface area contributed by atoms with Gasteiger partial charge in [-0.3, -0.25) is 9.69 Å². The number of aliphatic hydroxyl groups is 1. The van der Waals surface area contributed by atoms with Gasteiger partial charge in [-0.1, -0.05) is 30.3 Å². The number of nitrogens with zero attached hydrogens (tertiary/aromatic N) is 2. The maximum atomic E-state index is 12.7. The van der Waals surface area contributed by atoms with Crippen molar-refractivity contribution in [1.29, 1.82) is 0 Å². The average molecular weight is 370 g/mol. The number of β-amino-alcohol motifs (C(OH)–C–C–N with tert-alkyl or cyclic N) is 1. The molecule has 6 heteroatoms. The topological polar surface area (TPSA) is 52.9 Å². The Labute approximate surface area is 155 Å². The van der Waals surface area contributed by atoms with E-state index in [9.17, 15) is 9.90 Å². The molecule has 1 saturated heterocycles. The monoisotopic (exact) mass is 370 g/mol. The zero-order chi connectivity index (χ0) is 17.6. The number of aliphatic hydroxyl groups excluding tert-OH is 1. The lowest BCUT2D eigenvalue weighted by molar-refractivity contribution is -0.122. The molecule has 0 aromatic heterocycles. The molecular formula is C19H18N2O2S2. The normalized spacial score (nSPS) is 17.7. The summed E-state index contributed by atoms with van der Waals surface area (Å²) in [6.45, 7) is 0.135. The van der Waals surface area contributed by atoms with Gasteiger partial charge in [-0.25, -0.2) is 4.99 Å². The summed E-state index contributed by atoms with van der Waals surface area (Å²) in [5.41, 5.74) is 1.75. The SMILES string of the molecule is CSc1ccc(/C=C2\SC(=Nc3ccccc3)N(CCO)C2=O)cc1. The van der Waals surface area contributed by atoms with E-state index in [0.29, 0.717) is 10.1 Å². The number of amides is 1. The second-order valence-electron chi connectivity index (χ2n) is 5.29. The Morgan fingerprint density at radius 1 is 1.16 bits per heavy atom. The Balaban J connectivity index is 1.89. The number of amidine groups is 1. The highest BCUT2D eigenvalue weighted by Crippen LogP contribution is 2.34. The molecule has 25 heavy (non-hydrogen) atoms. The number of para-hydroxylation sites is 1. The summed E-state index contributed by atoms with van der Waals surface area (Å²) in [6.07, 6.45) is 3.90. The predicted molar refractivity (Wildman–Crippen MR) is 106 cm³/mol. The molecule has 1 N–H and O–H groups in total. The van der Waals surface area contributed by atoms with Crippen LogP contribution < -0.4 is 0 Å². The highest BCUT2D eigenvalue weighted by Gasteiger charge is 2.32. The van der Waals surface area contributed by atoms with Crippen molar-refractivity contribution in [3.8, 4) is 0 Å². The van der Waals surface area contributed by atoms with E-state index < -0.39 is 0 Å². The highest BCUT2D eigenvalue weighted by molar-refractivity contribution is 8.18. The van der Waals surface area contributed by atoms with Crippen LogP contribution >= 0.6 is 23.5 Å². The van der Waals surface area contributed by atoms with E-state index in [2.05, 4.69) is 4.99 Å². The summed E-state index contributed by atoms with van der Waals surface area (Å²) in [5.74, 6) is -0.123. The maximum absolute atomic E-state index is 12.7. The fourth-order valence-corrected chi connectivity index (χ4v) is 3.79. The molecule has 2 aromatic rings. The molecule has 0 spiro atoms. The number of carbonyl (C=O) groups excluding carboxylic acids is 1. The molecule has 4 nitrogen and oxygen atoms in total. The molecule has 128 valence electrons. The summed E-state index contributed by atoms with van der Waals surface area (Å²) in [5, 5.41) is 9.88. The Hall–Kier alpha value is -2.02. The van der Waals surface area contributed by atoms with E-state index >= 15 is 0 Å². The van der Waals surface area contributed by atoms with Crippen LogP contribution in [0.15, 0.2) is 69.4 Å². The third kappa shape index (κ3) is 4.34. The maximum Gasteiger partial charge on any atom is 0.266 e. The molecule has 0 atom stereocenters. The fraction of sp³-hybridized carbons (Fsp3) is 0.158. The number of hydrogen-bond donors (Lipinski definition) is 1. The molecule has 2 aromatic carbocycles. The van der Waals surface area contributed by atoms with Crippen LogP contribution in [0.5, 0.6) is 0 Å². The number of benzene rings is 2. The molecule has 1 aliphatic rings. The molecule has 0 radical (unpaired) electrons. The zero-order valence-electron chi connectivity index (χ0n) is 13.8. The first-order valence-electron chi connectivity index (χ1n) is 7.81. The van der Waals surface area contributed by atoms with Crippen LogP contribution in [0.4, 0.5) is 5.69 Å². The van der Waals surface area contributed by atoms with E-state index in [1.54, 1.807) is 11.8 Å². The van der Waals surface area contributed by atoms with E-state index in [1.165, 1.54) is 21.6 Å². The van der Waals surface area contributed by atoms with Crippen molar-refractivity contribution in [3.05, 3.63) is 65.1 Å². The van der Waals surface area contributed by atoms with Gasteiger partial charge in [0.05, 0.1) is 23.7 Å². The number of hydrogen-bond acceptors (Lipinski definition) is 5. The van der Waals surface area contributed by atoms with Crippen molar-refractivity contribution >= 4 is 46.4 Å². The average Bonchev–Trinajstić information content (AvgIpc) is 2.92. The van der Waals surface area contributed by atoms with Gasteiger partial charge in [0.1, 0.15) is 0 Å². The van der Waals surface area contributed by atoms with Crippen LogP contribution in [0, 0.1) is 0 Å². The first-order valence-corrected chi connectivity index (χ1v) is 9.85. The van der Waals surface area contributed by atoms with Gasteiger partial charge in [-0.05, 0) is 53.9 Å². The van der Waals surface area contributed by atoms with Crippen LogP contribution in [0.2, 0.25) is 0 Å². The second-order valence-corrected chi connectivity index (χ2v) is 7.18. The predicted octanol–water partition coefficient (Wildman–Crippen LogP) is 4.00. The molecule has 0 saturated carbocycles. The minimum atomic E-state index is -0.123. The minimum Gasteiger partial charge on any atom is -0.395 e. The summed E-state index contributed by atoms with van der Waals surface area (Å²) >= 11 is 3.02. The molecule has 1 heterocycles. The molecule has 0 unspecified atom stereocenters. The summed E-state index contributed by atoms with van der Waals surface area (Å²) in [6, 6.07) is 17.6. The van der Waals surface area contributed by atoms with Gasteiger partial charge >= 0.3 is 0 Å². The Morgan fingerprint density at radius 3 is 2.52 bits per heavy atom. The summed E-state index contributed by atoms with van der Waals surface area (Å²) in [4.78, 5) is 20.5. The van der Waals surface area contributed by atoms with Gasteiger partial charge in [0, 0.05) is 4.90 Å². The molecule has 0 bridgehead atoms. The van der Waals surface area contributed by atoms with Crippen molar-refractivity contribution in [2.24, 2.45) is 4.99 Å². The quantitative estimate of drug-likeness (QED) is 0.638. The van der Waals surface area contributed by atoms with Gasteiger partial charge in [0.15, 0.2) is 5.17 Å². The zero-order valence-corrected chi connectivity index (χ0v) is 15.4. The van der Waals surface area contributed by atoms with Crippen molar-refractivity contribution < 1.29 is 9.90 Å². The lowest BCUT2D eigenvalue weighted by atomic mass is 10.2. The smallest absolute Gasteiger partial charge is 0.266 e. The number of rotatable bonds is 5. The van der Waals surface area contributed by atoms with Crippen LogP contribution in [0.1, 0.15) is 5.56 Å². The Kier molecular flexibility index (Phi) is 5.96. The molecule has 1 fully saturated rings. The molecule has 1 amide bonds. The van der Waals surface area contributed by atoms with Crippen molar-refractivity contribution in [2.75, 3.05) is 19.4 Å². The first-order chi connectivity index (χ1) is 12.2. The van der Waals surface area contributed by atoms with Crippen molar-refractivity contribution in [3.63, 3.8) is 0 Å². The highest BCUT2D eigenvalue weighted by atomic mass is 32.2. The number of aliphatic imine (C=N–C) groups is 1. The lowest BCUT2D eigenvalue weighted by Gasteiger charge is -2.13. The minimum absolute atomic E-state index is 0.101. The number of thioether (sulfide) groups is 2. The van der Waals surface area contributed by atoms with Crippen LogP contribution in [-0.2, 0) is 4.79 Å². The largest absolute Gasteiger partial charge is 0.395 e. The van der Waals surface area contributed by atoms with E-state index in [4.69, 9.17) is 0 Å². The third-order valence-corrected chi connectivity index (χ3v) is 5.36. The van der Waals surface area contributed by atoms with Gasteiger partial charge in [-0.2, -0.15) is 0 Å². The molecule has 0 aliphatic carbocycles. The summed E-state index contributed by atoms with van der Waals surface area (Å²) in [7, 11) is 0. The van der Waals surface area contributed by atoms with Crippen molar-refractivity contribution in [2.45, 2.75) is 4.90 Å². The number of carbonyl (C=O) groups is 1. The summed E-state index contributed by atoms with van der Waals surface area (Å²) < 4.78 is 0. The van der Waals surface area contributed by atoms with Crippen molar-refractivity contribution in [1.82, 2.24) is 4.90 Å². The third-order valence-electron chi connectivity index (χ3n) is 3.61. The molecule has 1 aliphatic heterocycles. The van der Waals surface area contributed by atoms with E-state index in [1.807, 2.05) is 66.9 Å². The van der Waals surface area contributed by atoms with E-state index in [-0.39, 0.29) is 19.1 Å². The van der Waals surface area contributed by atoms with Gasteiger partial charge in [0.25, 0.3) is 5.91 Å². The standard InChI is InChI=1S/C19H18N2O2S2/c1-24-16-9-7-14(8-10-16)13-17-18(23)21(11-12-22)19(25-17)20-15-5-3-2-4-6-15/h2-10,13,22H,11-12H2,1H3/b17-13-,20-19?. The van der Waals surface area contributed by atoms with Gasteiger partial charge in [-0.15, -0.1) is 11.8 Å². The van der Waals surface area contributed by atoms with Crippen LogP contribution in [-0.4, -0.2) is 40.5 Å². The molecular weight excluding hydrogens is 352 g/mol. The van der Waals surface area contributed by atoms with Gasteiger partial charge in [0.2, 0.25) is 0 Å². The van der Waals surface area contributed by atoms with Gasteiger partial charge < -0.3 is 5.11 Å². The van der Waals surface area contributed by atoms with E-state index in [0.717, 1.165) is 11.3 Å². The van der Waals surface area contributed by atoms with Crippen LogP contribution in [0.25, 0.3) is 6.08 Å².